The molecule has 0 aromatic carbocycles. The number of carboxylic acid groups (broad SMARTS) is 1. The molecule has 0 aliphatic carbocycles. The van der Waals surface area contributed by atoms with Gasteiger partial charge >= 0.3 is 5.97 Å². The van der Waals surface area contributed by atoms with E-state index < -0.39 is 22.1 Å². The van der Waals surface area contributed by atoms with Crippen molar-refractivity contribution in [1.82, 2.24) is 13.9 Å². The molecule has 20 heavy (non-hydrogen) atoms. The molecule has 0 spiro atoms. The second-order valence-electron chi connectivity index (χ2n) is 5.65. The fraction of sp³-hybridized carbons (Fsp3) is 0.917. The van der Waals surface area contributed by atoms with E-state index in [1.165, 1.54) is 4.31 Å². The Morgan fingerprint density at radius 2 is 2.15 bits per heavy atom. The van der Waals surface area contributed by atoms with Gasteiger partial charge in [-0.1, -0.05) is 0 Å². The predicted molar refractivity (Wildman–Crippen MR) is 76.6 cm³/mol. The van der Waals surface area contributed by atoms with Gasteiger partial charge in [0.25, 0.3) is 10.2 Å². The Balaban J connectivity index is 2.57. The van der Waals surface area contributed by atoms with Crippen LogP contribution in [0.4, 0.5) is 0 Å². The molecular weight excluding hydrogens is 282 g/mol. The van der Waals surface area contributed by atoms with E-state index in [1.54, 1.807) is 0 Å². The highest BCUT2D eigenvalue weighted by Crippen LogP contribution is 2.19. The van der Waals surface area contributed by atoms with E-state index in [0.29, 0.717) is 25.8 Å². The third-order valence-electron chi connectivity index (χ3n) is 3.43. The molecule has 1 rings (SSSR count). The summed E-state index contributed by atoms with van der Waals surface area (Å²) in [6.45, 7) is 3.06. The van der Waals surface area contributed by atoms with E-state index in [0.717, 1.165) is 6.54 Å². The van der Waals surface area contributed by atoms with Crippen LogP contribution < -0.4 is 4.72 Å². The summed E-state index contributed by atoms with van der Waals surface area (Å²) < 4.78 is 28.3. The molecule has 0 aromatic heterocycles. The van der Waals surface area contributed by atoms with Gasteiger partial charge in [-0.2, -0.15) is 17.4 Å². The van der Waals surface area contributed by atoms with Crippen LogP contribution in [0, 0.1) is 5.92 Å². The van der Waals surface area contributed by atoms with Crippen molar-refractivity contribution in [3.8, 4) is 0 Å². The molecule has 1 aliphatic heterocycles. The summed E-state index contributed by atoms with van der Waals surface area (Å²) >= 11 is 0. The van der Waals surface area contributed by atoms with Gasteiger partial charge < -0.3 is 10.0 Å². The van der Waals surface area contributed by atoms with Gasteiger partial charge in [0, 0.05) is 19.1 Å². The molecule has 0 amide bonds. The SMILES string of the molecule is CC(CCN(C)C)NS(=O)(=O)N1CCCC(C(=O)O)C1. The molecule has 1 fully saturated rings. The summed E-state index contributed by atoms with van der Waals surface area (Å²) in [7, 11) is 0.272. The highest BCUT2D eigenvalue weighted by molar-refractivity contribution is 7.87. The summed E-state index contributed by atoms with van der Waals surface area (Å²) in [6, 6.07) is -0.174. The normalized spacial score (nSPS) is 22.9. The van der Waals surface area contributed by atoms with Crippen LogP contribution in [0.3, 0.4) is 0 Å². The van der Waals surface area contributed by atoms with E-state index >= 15 is 0 Å². The number of piperidine rings is 1. The van der Waals surface area contributed by atoms with Gasteiger partial charge in [-0.25, -0.2) is 0 Å². The summed E-state index contributed by atoms with van der Waals surface area (Å²) in [5, 5.41) is 9.00. The number of hydrogen-bond donors (Lipinski definition) is 2. The molecule has 2 unspecified atom stereocenters. The van der Waals surface area contributed by atoms with Crippen molar-refractivity contribution in [3.05, 3.63) is 0 Å². The number of rotatable bonds is 7. The molecule has 118 valence electrons. The largest absolute Gasteiger partial charge is 0.481 e. The van der Waals surface area contributed by atoms with Crippen molar-refractivity contribution in [2.45, 2.75) is 32.2 Å². The molecule has 0 bridgehead atoms. The van der Waals surface area contributed by atoms with E-state index in [4.69, 9.17) is 5.11 Å². The maximum Gasteiger partial charge on any atom is 0.307 e. The standard InChI is InChI=1S/C12H25N3O4S/c1-10(6-8-14(2)3)13-20(18,19)15-7-4-5-11(9-15)12(16)17/h10-11,13H,4-9H2,1-3H3,(H,16,17). The second-order valence-corrected chi connectivity index (χ2v) is 7.35. The van der Waals surface area contributed by atoms with Crippen LogP contribution in [0.2, 0.25) is 0 Å². The summed E-state index contributed by atoms with van der Waals surface area (Å²) in [5.41, 5.74) is 0. The molecule has 0 aromatic rings. The van der Waals surface area contributed by atoms with E-state index in [2.05, 4.69) is 4.72 Å². The van der Waals surface area contributed by atoms with Crippen LogP contribution in [-0.2, 0) is 15.0 Å². The van der Waals surface area contributed by atoms with E-state index in [9.17, 15) is 13.2 Å². The third-order valence-corrected chi connectivity index (χ3v) is 5.14. The average Bonchev–Trinajstić information content (AvgIpc) is 2.36. The lowest BCUT2D eigenvalue weighted by Gasteiger charge is -2.31. The van der Waals surface area contributed by atoms with E-state index in [-0.39, 0.29) is 12.6 Å². The van der Waals surface area contributed by atoms with Crippen molar-refractivity contribution in [3.63, 3.8) is 0 Å². The van der Waals surface area contributed by atoms with Gasteiger partial charge in [-0.15, -0.1) is 0 Å². The predicted octanol–water partition coefficient (Wildman–Crippen LogP) is -0.0424. The Bertz CT molecular complexity index is 424. The first-order valence-electron chi connectivity index (χ1n) is 6.87. The summed E-state index contributed by atoms with van der Waals surface area (Å²) in [4.78, 5) is 13.0. The second kappa shape index (κ2) is 7.35. The van der Waals surface area contributed by atoms with E-state index in [1.807, 2.05) is 25.9 Å². The van der Waals surface area contributed by atoms with Crippen molar-refractivity contribution in [2.24, 2.45) is 5.92 Å². The number of nitrogens with one attached hydrogen (secondary N) is 1. The molecule has 0 radical (unpaired) electrons. The van der Waals surface area contributed by atoms with Crippen molar-refractivity contribution < 1.29 is 18.3 Å². The smallest absolute Gasteiger partial charge is 0.307 e. The number of hydrogen-bond acceptors (Lipinski definition) is 4. The van der Waals surface area contributed by atoms with Crippen molar-refractivity contribution in [1.29, 1.82) is 0 Å². The molecule has 1 saturated heterocycles. The lowest BCUT2D eigenvalue weighted by Crippen LogP contribution is -2.49. The van der Waals surface area contributed by atoms with Gasteiger partial charge in [0.2, 0.25) is 0 Å². The molecule has 2 atom stereocenters. The Morgan fingerprint density at radius 3 is 2.70 bits per heavy atom. The van der Waals surface area contributed by atoms with Gasteiger partial charge in [0.05, 0.1) is 5.92 Å². The lowest BCUT2D eigenvalue weighted by atomic mass is 10.0. The van der Waals surface area contributed by atoms with Crippen molar-refractivity contribution >= 4 is 16.2 Å². The van der Waals surface area contributed by atoms with Crippen LogP contribution in [-0.4, -0.2) is 68.5 Å². The lowest BCUT2D eigenvalue weighted by molar-refractivity contribution is -0.142. The Morgan fingerprint density at radius 1 is 1.50 bits per heavy atom. The van der Waals surface area contributed by atoms with Crippen LogP contribution in [0.15, 0.2) is 0 Å². The number of aliphatic carboxylic acids is 1. The highest BCUT2D eigenvalue weighted by atomic mass is 32.2. The highest BCUT2D eigenvalue weighted by Gasteiger charge is 2.32. The molecule has 1 heterocycles. The minimum atomic E-state index is -3.60. The van der Waals surface area contributed by atoms with Crippen LogP contribution in [0.5, 0.6) is 0 Å². The minimum absolute atomic E-state index is 0.0606. The fourth-order valence-corrected chi connectivity index (χ4v) is 3.72. The van der Waals surface area contributed by atoms with Crippen LogP contribution in [0.1, 0.15) is 26.2 Å². The summed E-state index contributed by atoms with van der Waals surface area (Å²) in [6.07, 6.45) is 1.84. The van der Waals surface area contributed by atoms with Crippen molar-refractivity contribution in [2.75, 3.05) is 33.7 Å². The van der Waals surface area contributed by atoms with Gasteiger partial charge in [-0.3, -0.25) is 4.79 Å². The van der Waals surface area contributed by atoms with Gasteiger partial charge in [-0.05, 0) is 46.8 Å². The molecule has 7 nitrogen and oxygen atoms in total. The Kier molecular flexibility index (Phi) is 6.38. The third kappa shape index (κ3) is 5.35. The average molecular weight is 307 g/mol. The first-order chi connectivity index (χ1) is 9.22. The van der Waals surface area contributed by atoms with Gasteiger partial charge in [0.15, 0.2) is 0 Å². The van der Waals surface area contributed by atoms with Gasteiger partial charge in [0.1, 0.15) is 0 Å². The number of nitrogens with zero attached hydrogens (tertiary/aromatic N) is 2. The monoisotopic (exact) mass is 307 g/mol. The van der Waals surface area contributed by atoms with Crippen LogP contribution >= 0.6 is 0 Å². The quantitative estimate of drug-likeness (QED) is 0.689. The minimum Gasteiger partial charge on any atom is -0.481 e. The zero-order valence-electron chi connectivity index (χ0n) is 12.4. The maximum atomic E-state index is 12.2. The zero-order chi connectivity index (χ0) is 15.3. The number of carboxylic acids is 1. The maximum absolute atomic E-state index is 12.2. The fourth-order valence-electron chi connectivity index (χ4n) is 2.20. The summed E-state index contributed by atoms with van der Waals surface area (Å²) in [5.74, 6) is -1.53. The zero-order valence-corrected chi connectivity index (χ0v) is 13.2. The molecular formula is C12H25N3O4S. The number of carbonyl (C=O) groups is 1. The topological polar surface area (TPSA) is 90.0 Å². The van der Waals surface area contributed by atoms with Crippen LogP contribution in [0.25, 0.3) is 0 Å². The molecule has 0 saturated carbocycles. The first-order valence-corrected chi connectivity index (χ1v) is 8.31. The molecule has 1 aliphatic rings. The molecule has 8 heteroatoms. The Labute approximate surface area is 121 Å². The first kappa shape index (κ1) is 17.4. The molecule has 2 N–H and O–H groups in total. The Hall–Kier alpha value is -0.700.